The van der Waals surface area contributed by atoms with E-state index >= 15 is 0 Å². The normalized spacial score (nSPS) is 24.8. The summed E-state index contributed by atoms with van der Waals surface area (Å²) in [5.74, 6) is 0.888. The Labute approximate surface area is 101 Å². The molecule has 1 heterocycles. The summed E-state index contributed by atoms with van der Waals surface area (Å²) < 4.78 is 13.4. The maximum absolute atomic E-state index is 13.4. The van der Waals surface area contributed by atoms with Crippen molar-refractivity contribution in [3.63, 3.8) is 0 Å². The molecule has 0 aromatic heterocycles. The van der Waals surface area contributed by atoms with Gasteiger partial charge in [-0.1, -0.05) is 13.8 Å². The summed E-state index contributed by atoms with van der Waals surface area (Å²) in [4.78, 5) is 12.9. The summed E-state index contributed by atoms with van der Waals surface area (Å²) >= 11 is 0. The number of piperidine rings is 1. The Kier molecular flexibility index (Phi) is 3.46. The molecule has 2 nitrogen and oxygen atoms in total. The van der Waals surface area contributed by atoms with Crippen molar-refractivity contribution >= 4 is 12.0 Å². The number of hydrogen-bond acceptors (Lipinski definition) is 2. The van der Waals surface area contributed by atoms with E-state index in [9.17, 15) is 9.18 Å². The van der Waals surface area contributed by atoms with Crippen molar-refractivity contribution in [2.24, 2.45) is 11.8 Å². The average molecular weight is 235 g/mol. The molecule has 1 aromatic carbocycles. The predicted octanol–water partition coefficient (Wildman–Crippen LogP) is 3.12. The minimum Gasteiger partial charge on any atom is -0.371 e. The Morgan fingerprint density at radius 3 is 2.47 bits per heavy atom. The third kappa shape index (κ3) is 2.84. The summed E-state index contributed by atoms with van der Waals surface area (Å²) in [6.07, 6.45) is 1.91. The van der Waals surface area contributed by atoms with Gasteiger partial charge in [-0.2, -0.15) is 0 Å². The molecule has 17 heavy (non-hydrogen) atoms. The van der Waals surface area contributed by atoms with Gasteiger partial charge < -0.3 is 4.90 Å². The number of aldehydes is 1. The Hall–Kier alpha value is -1.38. The Morgan fingerprint density at radius 2 is 1.88 bits per heavy atom. The van der Waals surface area contributed by atoms with Gasteiger partial charge in [-0.15, -0.1) is 0 Å². The lowest BCUT2D eigenvalue weighted by molar-refractivity contribution is 0.112. The van der Waals surface area contributed by atoms with Crippen molar-refractivity contribution in [1.29, 1.82) is 0 Å². The molecule has 0 amide bonds. The van der Waals surface area contributed by atoms with Crippen LogP contribution in [0.5, 0.6) is 0 Å². The van der Waals surface area contributed by atoms with Gasteiger partial charge >= 0.3 is 0 Å². The van der Waals surface area contributed by atoms with Gasteiger partial charge in [-0.25, -0.2) is 4.39 Å². The minimum absolute atomic E-state index is 0.338. The van der Waals surface area contributed by atoms with E-state index in [4.69, 9.17) is 0 Å². The van der Waals surface area contributed by atoms with Crippen LogP contribution in [0.4, 0.5) is 10.1 Å². The molecule has 0 N–H and O–H groups in total. The lowest BCUT2D eigenvalue weighted by Crippen LogP contribution is -2.38. The molecule has 0 radical (unpaired) electrons. The van der Waals surface area contributed by atoms with Crippen LogP contribution in [0.2, 0.25) is 0 Å². The summed E-state index contributed by atoms with van der Waals surface area (Å²) in [6, 6.07) is 4.55. The number of carbonyl (C=O) groups excluding carboxylic acids is 1. The van der Waals surface area contributed by atoms with Crippen molar-refractivity contribution in [2.75, 3.05) is 18.0 Å². The van der Waals surface area contributed by atoms with Gasteiger partial charge in [-0.05, 0) is 36.5 Å². The second-order valence-electron chi connectivity index (χ2n) is 5.21. The Morgan fingerprint density at radius 1 is 1.24 bits per heavy atom. The highest BCUT2D eigenvalue weighted by Crippen LogP contribution is 2.27. The summed E-state index contributed by atoms with van der Waals surface area (Å²) in [5.41, 5.74) is 1.23. The summed E-state index contributed by atoms with van der Waals surface area (Å²) in [5, 5.41) is 0. The van der Waals surface area contributed by atoms with Crippen LogP contribution in [0.1, 0.15) is 30.6 Å². The van der Waals surface area contributed by atoms with E-state index in [-0.39, 0.29) is 5.82 Å². The highest BCUT2D eigenvalue weighted by atomic mass is 19.1. The van der Waals surface area contributed by atoms with E-state index in [1.807, 2.05) is 0 Å². The van der Waals surface area contributed by atoms with Crippen molar-refractivity contribution in [3.8, 4) is 0 Å². The lowest BCUT2D eigenvalue weighted by Gasteiger charge is -2.36. The fraction of sp³-hybridized carbons (Fsp3) is 0.500. The molecule has 0 bridgehead atoms. The maximum atomic E-state index is 13.4. The van der Waals surface area contributed by atoms with Crippen molar-refractivity contribution in [1.82, 2.24) is 0 Å². The molecule has 1 aliphatic rings. The van der Waals surface area contributed by atoms with Crippen LogP contribution < -0.4 is 4.90 Å². The molecule has 2 unspecified atom stereocenters. The molecule has 0 saturated carbocycles. The number of rotatable bonds is 2. The van der Waals surface area contributed by atoms with E-state index in [0.717, 1.165) is 18.8 Å². The van der Waals surface area contributed by atoms with Crippen LogP contribution in [0, 0.1) is 17.7 Å². The topological polar surface area (TPSA) is 20.3 Å². The fourth-order valence-corrected chi connectivity index (χ4v) is 2.72. The first kappa shape index (κ1) is 12.1. The van der Waals surface area contributed by atoms with Gasteiger partial charge in [0.05, 0.1) is 0 Å². The van der Waals surface area contributed by atoms with Gasteiger partial charge in [-0.3, -0.25) is 4.79 Å². The molecule has 1 fully saturated rings. The predicted molar refractivity (Wildman–Crippen MR) is 66.9 cm³/mol. The monoisotopic (exact) mass is 235 g/mol. The number of nitrogens with zero attached hydrogens (tertiary/aromatic N) is 1. The number of hydrogen-bond donors (Lipinski definition) is 0. The van der Waals surface area contributed by atoms with E-state index in [1.165, 1.54) is 18.6 Å². The van der Waals surface area contributed by atoms with Crippen LogP contribution in [0.15, 0.2) is 18.2 Å². The Bertz CT molecular complexity index is 409. The smallest absolute Gasteiger partial charge is 0.150 e. The lowest BCUT2D eigenvalue weighted by atomic mass is 9.91. The molecular weight excluding hydrogens is 217 g/mol. The standard InChI is InChI=1S/C14H18FNO/c1-10-3-11(2)8-16(7-10)14-5-12(9-17)4-13(15)6-14/h4-6,9-11H,3,7-8H2,1-2H3. The minimum atomic E-state index is -0.338. The fourth-order valence-electron chi connectivity index (χ4n) is 2.72. The zero-order chi connectivity index (χ0) is 12.4. The molecule has 0 spiro atoms. The van der Waals surface area contributed by atoms with Gasteiger partial charge in [0, 0.05) is 24.3 Å². The molecule has 92 valence electrons. The van der Waals surface area contributed by atoms with Crippen molar-refractivity contribution < 1.29 is 9.18 Å². The third-order valence-corrected chi connectivity index (χ3v) is 3.27. The molecule has 0 aliphatic carbocycles. The summed E-state index contributed by atoms with van der Waals surface area (Å²) in [7, 11) is 0. The first-order chi connectivity index (χ1) is 8.08. The van der Waals surface area contributed by atoms with Crippen LogP contribution in [-0.2, 0) is 0 Å². The molecule has 2 rings (SSSR count). The van der Waals surface area contributed by atoms with E-state index in [1.54, 1.807) is 6.07 Å². The van der Waals surface area contributed by atoms with E-state index < -0.39 is 0 Å². The van der Waals surface area contributed by atoms with E-state index in [0.29, 0.717) is 23.7 Å². The second-order valence-corrected chi connectivity index (χ2v) is 5.21. The largest absolute Gasteiger partial charge is 0.371 e. The van der Waals surface area contributed by atoms with Gasteiger partial charge in [0.15, 0.2) is 0 Å². The van der Waals surface area contributed by atoms with Crippen molar-refractivity contribution in [2.45, 2.75) is 20.3 Å². The molecule has 2 atom stereocenters. The molecule has 3 heteroatoms. The van der Waals surface area contributed by atoms with Crippen LogP contribution >= 0.6 is 0 Å². The first-order valence-corrected chi connectivity index (χ1v) is 6.09. The van der Waals surface area contributed by atoms with E-state index in [2.05, 4.69) is 18.7 Å². The highest BCUT2D eigenvalue weighted by Gasteiger charge is 2.22. The highest BCUT2D eigenvalue weighted by molar-refractivity contribution is 5.77. The number of benzene rings is 1. The molecule has 1 saturated heterocycles. The quantitative estimate of drug-likeness (QED) is 0.734. The third-order valence-electron chi connectivity index (χ3n) is 3.27. The second kappa shape index (κ2) is 4.86. The molecule has 1 aliphatic heterocycles. The number of anilines is 1. The van der Waals surface area contributed by atoms with Crippen LogP contribution in [0.25, 0.3) is 0 Å². The Balaban J connectivity index is 2.26. The number of carbonyl (C=O) groups is 1. The van der Waals surface area contributed by atoms with Crippen LogP contribution in [0.3, 0.4) is 0 Å². The SMILES string of the molecule is CC1CC(C)CN(c2cc(F)cc(C=O)c2)C1. The van der Waals surface area contributed by atoms with Gasteiger partial charge in [0.25, 0.3) is 0 Å². The molecule has 1 aromatic rings. The van der Waals surface area contributed by atoms with Crippen molar-refractivity contribution in [3.05, 3.63) is 29.6 Å². The van der Waals surface area contributed by atoms with Crippen LogP contribution in [-0.4, -0.2) is 19.4 Å². The zero-order valence-corrected chi connectivity index (χ0v) is 10.3. The average Bonchev–Trinajstić information content (AvgIpc) is 2.26. The molecular formula is C14H18FNO. The number of halogens is 1. The zero-order valence-electron chi connectivity index (χ0n) is 10.3. The summed E-state index contributed by atoms with van der Waals surface area (Å²) in [6.45, 7) is 6.30. The first-order valence-electron chi connectivity index (χ1n) is 6.09. The van der Waals surface area contributed by atoms with Gasteiger partial charge in [0.1, 0.15) is 12.1 Å². The maximum Gasteiger partial charge on any atom is 0.150 e. The van der Waals surface area contributed by atoms with Gasteiger partial charge in [0.2, 0.25) is 0 Å².